The lowest BCUT2D eigenvalue weighted by Crippen LogP contribution is -2.43. The number of hydrogen-bond acceptors (Lipinski definition) is 3. The van der Waals surface area contributed by atoms with Gasteiger partial charge in [-0.1, -0.05) is 70.9 Å². The van der Waals surface area contributed by atoms with Gasteiger partial charge in [0.05, 0.1) is 11.7 Å². The minimum Gasteiger partial charge on any atom is -0.332 e. The highest BCUT2D eigenvalue weighted by atomic mass is 16.2. The summed E-state index contributed by atoms with van der Waals surface area (Å²) in [4.78, 5) is 34.8. The molecule has 196 valence electrons. The highest BCUT2D eigenvalue weighted by Gasteiger charge is 2.39. The summed E-state index contributed by atoms with van der Waals surface area (Å²) in [5, 5.41) is 0. The number of aromatic nitrogens is 2. The number of rotatable bonds is 6. The van der Waals surface area contributed by atoms with Gasteiger partial charge in [-0.05, 0) is 63.2 Å². The molecule has 1 aliphatic carbocycles. The number of amides is 1. The van der Waals surface area contributed by atoms with Crippen LogP contribution in [0.1, 0.15) is 102 Å². The number of carbonyl (C=O) groups excluding carboxylic acids is 2. The molecule has 0 radical (unpaired) electrons. The summed E-state index contributed by atoms with van der Waals surface area (Å²) in [6, 6.07) is 8.19. The third-order valence-electron chi connectivity index (χ3n) is 8.78. The van der Waals surface area contributed by atoms with Crippen molar-refractivity contribution >= 4 is 11.8 Å². The van der Waals surface area contributed by atoms with Crippen LogP contribution in [0.15, 0.2) is 30.5 Å². The Hall–Kier alpha value is -2.43. The molecular formula is C31H45N3O2. The van der Waals surface area contributed by atoms with E-state index in [2.05, 4.69) is 58.9 Å². The Morgan fingerprint density at radius 2 is 1.78 bits per heavy atom. The van der Waals surface area contributed by atoms with Gasteiger partial charge in [-0.25, -0.2) is 4.98 Å². The number of hydrogen-bond donors (Lipinski definition) is 0. The van der Waals surface area contributed by atoms with Gasteiger partial charge in [0.1, 0.15) is 5.82 Å². The lowest BCUT2D eigenvalue weighted by Gasteiger charge is -2.39. The van der Waals surface area contributed by atoms with E-state index in [1.54, 1.807) is 0 Å². The normalized spacial score (nSPS) is 25.7. The Bertz CT molecular complexity index is 1050. The van der Waals surface area contributed by atoms with Gasteiger partial charge >= 0.3 is 0 Å². The van der Waals surface area contributed by atoms with Crippen LogP contribution >= 0.6 is 0 Å². The monoisotopic (exact) mass is 491 g/mol. The Morgan fingerprint density at radius 3 is 2.44 bits per heavy atom. The summed E-state index contributed by atoms with van der Waals surface area (Å²) < 4.78 is 1.86. The average Bonchev–Trinajstić information content (AvgIpc) is 3.32. The van der Waals surface area contributed by atoms with E-state index in [4.69, 9.17) is 4.98 Å². The minimum absolute atomic E-state index is 0.00475. The van der Waals surface area contributed by atoms with Gasteiger partial charge in [0.2, 0.25) is 11.8 Å². The van der Waals surface area contributed by atoms with E-state index in [0.717, 1.165) is 62.2 Å². The van der Waals surface area contributed by atoms with Crippen LogP contribution in [0.3, 0.4) is 0 Å². The third-order valence-corrected chi connectivity index (χ3v) is 8.78. The molecule has 1 saturated heterocycles. The van der Waals surface area contributed by atoms with E-state index in [0.29, 0.717) is 17.8 Å². The maximum Gasteiger partial charge on any atom is 0.235 e. The number of piperidine rings is 1. The first-order valence-corrected chi connectivity index (χ1v) is 14.2. The van der Waals surface area contributed by atoms with Crippen LogP contribution < -0.4 is 0 Å². The molecule has 0 spiro atoms. The van der Waals surface area contributed by atoms with Crippen LogP contribution in [-0.4, -0.2) is 32.8 Å². The minimum atomic E-state index is -0.151. The first-order chi connectivity index (χ1) is 17.2. The molecule has 4 rings (SSSR count). The second kappa shape index (κ2) is 11.3. The highest BCUT2D eigenvalue weighted by molar-refractivity contribution is 5.84. The Morgan fingerprint density at radius 1 is 1.06 bits per heavy atom. The fourth-order valence-corrected chi connectivity index (χ4v) is 6.26. The third kappa shape index (κ3) is 5.45. The molecule has 1 aromatic carbocycles. The molecule has 2 fully saturated rings. The van der Waals surface area contributed by atoms with Crippen molar-refractivity contribution in [1.29, 1.82) is 0 Å². The fraction of sp³-hybridized carbons (Fsp3) is 0.645. The maximum atomic E-state index is 14.3. The van der Waals surface area contributed by atoms with Crippen LogP contribution in [0.2, 0.25) is 0 Å². The predicted octanol–water partition coefficient (Wildman–Crippen LogP) is 7.31. The number of likely N-dealkylation sites (tertiary alicyclic amines) is 1. The van der Waals surface area contributed by atoms with E-state index in [1.165, 1.54) is 12.0 Å². The summed E-state index contributed by atoms with van der Waals surface area (Å²) >= 11 is 0. The average molecular weight is 492 g/mol. The van der Waals surface area contributed by atoms with Gasteiger partial charge in [0.25, 0.3) is 0 Å². The zero-order valence-corrected chi connectivity index (χ0v) is 23.2. The zero-order chi connectivity index (χ0) is 26.0. The van der Waals surface area contributed by atoms with Gasteiger partial charge in [-0.2, -0.15) is 0 Å². The Labute approximate surface area is 217 Å². The molecule has 5 heteroatoms. The molecule has 1 saturated carbocycles. The quantitative estimate of drug-likeness (QED) is 0.426. The smallest absolute Gasteiger partial charge is 0.235 e. The topological polar surface area (TPSA) is 55.2 Å². The van der Waals surface area contributed by atoms with Crippen molar-refractivity contribution in [1.82, 2.24) is 14.5 Å². The van der Waals surface area contributed by atoms with E-state index in [1.807, 2.05) is 22.6 Å². The summed E-state index contributed by atoms with van der Waals surface area (Å²) in [5.41, 5.74) is 3.04. The van der Waals surface area contributed by atoms with Crippen LogP contribution in [0.5, 0.6) is 0 Å². The SMILES string of the molecule is CCC(C)C(=O)N1CCCCC1c1nc(-c2ccc(C)cc2)cn1C(=O)[C@@H]1C[C@H](C)CC[C@H]1C(C)C. The second-order valence-corrected chi connectivity index (χ2v) is 11.8. The van der Waals surface area contributed by atoms with Crippen molar-refractivity contribution in [3.05, 3.63) is 41.9 Å². The molecule has 2 unspecified atom stereocenters. The molecular weight excluding hydrogens is 446 g/mol. The van der Waals surface area contributed by atoms with E-state index in [-0.39, 0.29) is 29.7 Å². The largest absolute Gasteiger partial charge is 0.332 e. The summed E-state index contributed by atoms with van der Waals surface area (Å²) in [6.45, 7) is 13.7. The first kappa shape index (κ1) is 26.6. The summed E-state index contributed by atoms with van der Waals surface area (Å²) in [6.07, 6.45) is 8.91. The molecule has 5 atom stereocenters. The van der Waals surface area contributed by atoms with E-state index >= 15 is 0 Å². The highest BCUT2D eigenvalue weighted by Crippen LogP contribution is 2.40. The van der Waals surface area contributed by atoms with E-state index in [9.17, 15) is 9.59 Å². The Kier molecular flexibility index (Phi) is 8.37. The molecule has 1 amide bonds. The predicted molar refractivity (Wildman–Crippen MR) is 146 cm³/mol. The Balaban J connectivity index is 1.79. The number of aryl methyl sites for hydroxylation is 1. The zero-order valence-electron chi connectivity index (χ0n) is 23.2. The van der Waals surface area contributed by atoms with Gasteiger partial charge in [-0.3, -0.25) is 14.2 Å². The van der Waals surface area contributed by atoms with Gasteiger partial charge in [-0.15, -0.1) is 0 Å². The van der Waals surface area contributed by atoms with Gasteiger partial charge < -0.3 is 4.90 Å². The van der Waals surface area contributed by atoms with Gasteiger partial charge in [0.15, 0.2) is 0 Å². The van der Waals surface area contributed by atoms with Crippen LogP contribution in [0.4, 0.5) is 0 Å². The van der Waals surface area contributed by atoms with Crippen LogP contribution in [-0.2, 0) is 4.79 Å². The lowest BCUT2D eigenvalue weighted by atomic mass is 9.69. The number of nitrogens with zero attached hydrogens (tertiary/aromatic N) is 3. The number of imidazole rings is 1. The van der Waals surface area contributed by atoms with Crippen LogP contribution in [0, 0.1) is 36.5 Å². The van der Waals surface area contributed by atoms with Crippen molar-refractivity contribution in [3.8, 4) is 11.3 Å². The second-order valence-electron chi connectivity index (χ2n) is 11.8. The molecule has 1 aliphatic heterocycles. The van der Waals surface area contributed by atoms with Crippen molar-refractivity contribution in [2.75, 3.05) is 6.54 Å². The van der Waals surface area contributed by atoms with Crippen molar-refractivity contribution < 1.29 is 9.59 Å². The number of benzene rings is 1. The van der Waals surface area contributed by atoms with Crippen LogP contribution in [0.25, 0.3) is 11.3 Å². The van der Waals surface area contributed by atoms with Crippen molar-refractivity contribution in [3.63, 3.8) is 0 Å². The molecule has 2 heterocycles. The molecule has 2 aliphatic rings. The molecule has 5 nitrogen and oxygen atoms in total. The van der Waals surface area contributed by atoms with Crippen molar-refractivity contribution in [2.45, 2.75) is 92.5 Å². The summed E-state index contributed by atoms with van der Waals surface area (Å²) in [7, 11) is 0. The summed E-state index contributed by atoms with van der Waals surface area (Å²) in [5.74, 6) is 2.49. The fourth-order valence-electron chi connectivity index (χ4n) is 6.26. The molecule has 36 heavy (non-hydrogen) atoms. The first-order valence-electron chi connectivity index (χ1n) is 14.2. The molecule has 1 aromatic heterocycles. The lowest BCUT2D eigenvalue weighted by molar-refractivity contribution is -0.139. The standard InChI is InChI=1S/C31H45N3O2/c1-7-23(6)30(35)33-17-9-8-10-28(33)29-32-27(24-14-11-21(4)12-15-24)19-34(29)31(36)26-18-22(5)13-16-25(26)20(2)3/h11-12,14-15,19-20,22-23,25-26,28H,7-10,13,16-18H2,1-6H3/t22-,23?,25+,26-,28?/m1/s1. The molecule has 0 N–H and O–H groups in total. The number of carbonyl (C=O) groups is 2. The molecule has 2 aromatic rings. The maximum absolute atomic E-state index is 14.3. The molecule has 0 bridgehead atoms. The van der Waals surface area contributed by atoms with E-state index < -0.39 is 0 Å². The van der Waals surface area contributed by atoms with Gasteiger partial charge in [0, 0.05) is 30.1 Å². The van der Waals surface area contributed by atoms with Crippen molar-refractivity contribution in [2.24, 2.45) is 29.6 Å².